The Bertz CT molecular complexity index is 648. The molecule has 0 bridgehead atoms. The predicted molar refractivity (Wildman–Crippen MR) is 74.0 cm³/mol. The summed E-state index contributed by atoms with van der Waals surface area (Å²) in [5, 5.41) is 0. The maximum atomic E-state index is 11.9. The Hall–Kier alpha value is -1.94. The van der Waals surface area contributed by atoms with Crippen LogP contribution in [0.25, 0.3) is 0 Å². The summed E-state index contributed by atoms with van der Waals surface area (Å²) >= 11 is 0. The molecule has 3 rings (SSSR count). The molecule has 0 amide bonds. The number of nitrogens with one attached hydrogen (secondary N) is 1. The van der Waals surface area contributed by atoms with Gasteiger partial charge in [-0.15, -0.1) is 0 Å². The van der Waals surface area contributed by atoms with E-state index in [1.165, 1.54) is 11.1 Å². The minimum absolute atomic E-state index is 0.115. The largest absolute Gasteiger partial charge is 0.326 e. The molecule has 1 heterocycles. The van der Waals surface area contributed by atoms with Gasteiger partial charge in [0.15, 0.2) is 0 Å². The molecule has 0 saturated heterocycles. The average molecular weight is 255 g/mol. The predicted octanol–water partition coefficient (Wildman–Crippen LogP) is 1.70. The van der Waals surface area contributed by atoms with Crippen LogP contribution < -0.4 is 11.3 Å². The highest BCUT2D eigenvalue weighted by Gasteiger charge is 2.23. The topological polar surface area (TPSA) is 71.8 Å². The van der Waals surface area contributed by atoms with Crippen molar-refractivity contribution in [2.24, 2.45) is 5.73 Å². The van der Waals surface area contributed by atoms with Crippen molar-refractivity contribution in [3.8, 4) is 0 Å². The SMILES string of the molecule is NCc1cnc(C2CCCc3ccccc32)[nH]c1=O. The van der Waals surface area contributed by atoms with Gasteiger partial charge in [-0.2, -0.15) is 0 Å². The van der Waals surface area contributed by atoms with Gasteiger partial charge in [0.05, 0.1) is 0 Å². The highest BCUT2D eigenvalue weighted by Crippen LogP contribution is 2.34. The van der Waals surface area contributed by atoms with E-state index in [-0.39, 0.29) is 18.0 Å². The maximum absolute atomic E-state index is 11.9. The molecule has 1 aromatic carbocycles. The van der Waals surface area contributed by atoms with Crippen molar-refractivity contribution in [1.82, 2.24) is 9.97 Å². The van der Waals surface area contributed by atoms with Gasteiger partial charge >= 0.3 is 0 Å². The number of benzene rings is 1. The van der Waals surface area contributed by atoms with Crippen molar-refractivity contribution in [2.45, 2.75) is 31.7 Å². The standard InChI is InChI=1S/C15H17N3O/c16-8-11-9-17-14(18-15(11)19)13-7-3-5-10-4-1-2-6-12(10)13/h1-2,4,6,9,13H,3,5,7-8,16H2,(H,17,18,19). The summed E-state index contributed by atoms with van der Waals surface area (Å²) in [5.41, 5.74) is 8.57. The van der Waals surface area contributed by atoms with E-state index in [4.69, 9.17) is 5.73 Å². The van der Waals surface area contributed by atoms with Crippen LogP contribution in [-0.4, -0.2) is 9.97 Å². The Morgan fingerprint density at radius 2 is 2.21 bits per heavy atom. The van der Waals surface area contributed by atoms with Gasteiger partial charge in [0, 0.05) is 24.2 Å². The molecule has 0 fully saturated rings. The molecule has 2 aromatic rings. The summed E-state index contributed by atoms with van der Waals surface area (Å²) in [6, 6.07) is 8.41. The quantitative estimate of drug-likeness (QED) is 0.858. The van der Waals surface area contributed by atoms with E-state index in [0.29, 0.717) is 5.56 Å². The number of fused-ring (bicyclic) bond motifs is 1. The normalized spacial score (nSPS) is 18.1. The first-order valence-electron chi connectivity index (χ1n) is 6.65. The Labute approximate surface area is 111 Å². The lowest BCUT2D eigenvalue weighted by molar-refractivity contribution is 0.587. The maximum Gasteiger partial charge on any atom is 0.255 e. The Morgan fingerprint density at radius 1 is 1.37 bits per heavy atom. The number of rotatable bonds is 2. The van der Waals surface area contributed by atoms with Crippen molar-refractivity contribution < 1.29 is 0 Å². The number of aryl methyl sites for hydroxylation is 1. The highest BCUT2D eigenvalue weighted by molar-refractivity contribution is 5.36. The van der Waals surface area contributed by atoms with E-state index in [1.807, 2.05) is 6.07 Å². The number of hydrogen-bond donors (Lipinski definition) is 2. The molecule has 1 aliphatic rings. The first kappa shape index (κ1) is 12.1. The monoisotopic (exact) mass is 255 g/mol. The van der Waals surface area contributed by atoms with Crippen LogP contribution in [0.15, 0.2) is 35.3 Å². The molecule has 19 heavy (non-hydrogen) atoms. The van der Waals surface area contributed by atoms with Gasteiger partial charge < -0.3 is 10.7 Å². The molecular formula is C15H17N3O. The molecule has 0 aliphatic heterocycles. The third kappa shape index (κ3) is 2.19. The zero-order valence-electron chi connectivity index (χ0n) is 10.7. The molecule has 1 aliphatic carbocycles. The van der Waals surface area contributed by atoms with E-state index in [2.05, 4.69) is 28.2 Å². The average Bonchev–Trinajstić information content (AvgIpc) is 2.46. The van der Waals surface area contributed by atoms with E-state index in [0.717, 1.165) is 25.1 Å². The Kier molecular flexibility index (Phi) is 3.17. The summed E-state index contributed by atoms with van der Waals surface area (Å²) in [7, 11) is 0. The van der Waals surface area contributed by atoms with E-state index in [1.54, 1.807) is 6.20 Å². The lowest BCUT2D eigenvalue weighted by Gasteiger charge is -2.24. The van der Waals surface area contributed by atoms with Gasteiger partial charge in [-0.1, -0.05) is 24.3 Å². The molecule has 4 heteroatoms. The van der Waals surface area contributed by atoms with Gasteiger partial charge in [-0.3, -0.25) is 4.79 Å². The summed E-state index contributed by atoms with van der Waals surface area (Å²) in [6.45, 7) is 0.226. The van der Waals surface area contributed by atoms with Crippen molar-refractivity contribution in [3.05, 3.63) is 63.3 Å². The molecule has 0 radical (unpaired) electrons. The van der Waals surface area contributed by atoms with Crippen LogP contribution in [0.5, 0.6) is 0 Å². The van der Waals surface area contributed by atoms with Crippen molar-refractivity contribution in [1.29, 1.82) is 0 Å². The zero-order chi connectivity index (χ0) is 13.2. The number of aromatic amines is 1. The lowest BCUT2D eigenvalue weighted by Crippen LogP contribution is -2.22. The van der Waals surface area contributed by atoms with Crippen LogP contribution in [0.2, 0.25) is 0 Å². The second kappa shape index (κ2) is 4.97. The number of H-pyrrole nitrogens is 1. The molecule has 4 nitrogen and oxygen atoms in total. The fraction of sp³-hybridized carbons (Fsp3) is 0.333. The van der Waals surface area contributed by atoms with Crippen molar-refractivity contribution in [3.63, 3.8) is 0 Å². The van der Waals surface area contributed by atoms with Gasteiger partial charge in [-0.25, -0.2) is 4.98 Å². The van der Waals surface area contributed by atoms with Crippen LogP contribution in [0, 0.1) is 0 Å². The fourth-order valence-electron chi connectivity index (χ4n) is 2.80. The number of nitrogens with two attached hydrogens (primary N) is 1. The van der Waals surface area contributed by atoms with Crippen LogP contribution >= 0.6 is 0 Å². The van der Waals surface area contributed by atoms with Gasteiger partial charge in [0.2, 0.25) is 0 Å². The van der Waals surface area contributed by atoms with Gasteiger partial charge in [-0.05, 0) is 30.4 Å². The summed E-state index contributed by atoms with van der Waals surface area (Å²) in [4.78, 5) is 19.1. The lowest BCUT2D eigenvalue weighted by atomic mass is 9.82. The summed E-state index contributed by atoms with van der Waals surface area (Å²) in [5.74, 6) is 0.957. The number of aromatic nitrogens is 2. The van der Waals surface area contributed by atoms with Crippen LogP contribution in [-0.2, 0) is 13.0 Å². The molecular weight excluding hydrogens is 238 g/mol. The van der Waals surface area contributed by atoms with Crippen LogP contribution in [0.1, 0.15) is 41.3 Å². The molecule has 1 atom stereocenters. The van der Waals surface area contributed by atoms with Crippen molar-refractivity contribution in [2.75, 3.05) is 0 Å². The minimum atomic E-state index is -0.115. The number of hydrogen-bond acceptors (Lipinski definition) is 3. The summed E-state index contributed by atoms with van der Waals surface area (Å²) < 4.78 is 0. The molecule has 1 unspecified atom stereocenters. The third-order valence-corrected chi connectivity index (χ3v) is 3.81. The molecule has 3 N–H and O–H groups in total. The zero-order valence-corrected chi connectivity index (χ0v) is 10.7. The van der Waals surface area contributed by atoms with Crippen LogP contribution in [0.4, 0.5) is 0 Å². The molecule has 1 aromatic heterocycles. The molecule has 98 valence electrons. The minimum Gasteiger partial charge on any atom is -0.326 e. The second-order valence-corrected chi connectivity index (χ2v) is 4.97. The fourth-order valence-corrected chi connectivity index (χ4v) is 2.80. The van der Waals surface area contributed by atoms with E-state index < -0.39 is 0 Å². The highest BCUT2D eigenvalue weighted by atomic mass is 16.1. The second-order valence-electron chi connectivity index (χ2n) is 4.97. The smallest absolute Gasteiger partial charge is 0.255 e. The number of nitrogens with zero attached hydrogens (tertiary/aromatic N) is 1. The third-order valence-electron chi connectivity index (χ3n) is 3.81. The van der Waals surface area contributed by atoms with E-state index in [9.17, 15) is 4.79 Å². The van der Waals surface area contributed by atoms with Crippen molar-refractivity contribution >= 4 is 0 Å². The van der Waals surface area contributed by atoms with Gasteiger partial charge in [0.25, 0.3) is 5.56 Å². The molecule has 0 spiro atoms. The Balaban J connectivity index is 2.04. The first-order valence-corrected chi connectivity index (χ1v) is 6.65. The van der Waals surface area contributed by atoms with Crippen LogP contribution in [0.3, 0.4) is 0 Å². The van der Waals surface area contributed by atoms with Gasteiger partial charge in [0.1, 0.15) is 5.82 Å². The Morgan fingerprint density at radius 3 is 3.00 bits per heavy atom. The molecule has 0 saturated carbocycles. The first-order chi connectivity index (χ1) is 9.29. The van der Waals surface area contributed by atoms with E-state index >= 15 is 0 Å². The summed E-state index contributed by atoms with van der Waals surface area (Å²) in [6.07, 6.45) is 4.87.